The molecule has 106 valence electrons. The van der Waals surface area contributed by atoms with Gasteiger partial charge in [0.2, 0.25) is 0 Å². The highest BCUT2D eigenvalue weighted by Crippen LogP contribution is 2.19. The number of carbonyl (C=O) groups is 1. The van der Waals surface area contributed by atoms with Gasteiger partial charge in [0.1, 0.15) is 6.61 Å². The third kappa shape index (κ3) is 6.65. The highest BCUT2D eigenvalue weighted by atomic mass is 19.4. The summed E-state index contributed by atoms with van der Waals surface area (Å²) in [5, 5.41) is 11.5. The molecule has 1 aliphatic rings. The average Bonchev–Trinajstić information content (AvgIpc) is 3.05. The van der Waals surface area contributed by atoms with Gasteiger partial charge in [0.05, 0.1) is 13.2 Å². The number of nitrogens with zero attached hydrogens (tertiary/aromatic N) is 1. The molecule has 0 aromatic heterocycles. The van der Waals surface area contributed by atoms with E-state index in [1.807, 2.05) is 0 Å². The fraction of sp³-hybridized carbons (Fsp3) is 0.900. The van der Waals surface area contributed by atoms with E-state index in [4.69, 9.17) is 5.11 Å². The lowest BCUT2D eigenvalue weighted by molar-refractivity contribution is -0.174. The minimum absolute atomic E-state index is 0.0230. The summed E-state index contributed by atoms with van der Waals surface area (Å²) in [5.41, 5.74) is 0. The fourth-order valence-electron chi connectivity index (χ4n) is 1.29. The third-order valence-corrected chi connectivity index (χ3v) is 2.33. The van der Waals surface area contributed by atoms with Gasteiger partial charge in [-0.2, -0.15) is 13.2 Å². The largest absolute Gasteiger partial charge is 0.411 e. The Hall–Kier alpha value is -1.02. The molecule has 2 amide bonds. The number of rotatable bonds is 7. The Kier molecular flexibility index (Phi) is 5.67. The summed E-state index contributed by atoms with van der Waals surface area (Å²) in [6.07, 6.45) is -2.52. The molecular formula is C10H17F3N2O3. The number of halogens is 3. The van der Waals surface area contributed by atoms with Crippen molar-refractivity contribution in [2.24, 2.45) is 0 Å². The monoisotopic (exact) mass is 270 g/mol. The second kappa shape index (κ2) is 6.79. The molecule has 1 saturated carbocycles. The summed E-state index contributed by atoms with van der Waals surface area (Å²) in [7, 11) is 0. The molecule has 1 fully saturated rings. The number of alkyl halides is 3. The van der Waals surface area contributed by atoms with Crippen LogP contribution in [0.5, 0.6) is 0 Å². The molecular weight excluding hydrogens is 253 g/mol. The van der Waals surface area contributed by atoms with Gasteiger partial charge in [-0.3, -0.25) is 0 Å². The van der Waals surface area contributed by atoms with Crippen LogP contribution in [-0.2, 0) is 4.74 Å². The highest BCUT2D eigenvalue weighted by Gasteiger charge is 2.28. The zero-order chi connectivity index (χ0) is 13.6. The normalized spacial score (nSPS) is 15.6. The summed E-state index contributed by atoms with van der Waals surface area (Å²) in [6, 6.07) is -0.211. The van der Waals surface area contributed by atoms with Crippen LogP contribution in [0.3, 0.4) is 0 Å². The van der Waals surface area contributed by atoms with E-state index in [-0.39, 0.29) is 38.4 Å². The van der Waals surface area contributed by atoms with Crippen molar-refractivity contribution in [3.8, 4) is 0 Å². The Balaban J connectivity index is 2.21. The van der Waals surface area contributed by atoms with Crippen molar-refractivity contribution in [2.45, 2.75) is 25.1 Å². The second-order valence-corrected chi connectivity index (χ2v) is 4.10. The van der Waals surface area contributed by atoms with Crippen molar-refractivity contribution >= 4 is 6.03 Å². The van der Waals surface area contributed by atoms with E-state index in [0.29, 0.717) is 0 Å². The van der Waals surface area contributed by atoms with Gasteiger partial charge in [-0.15, -0.1) is 0 Å². The topological polar surface area (TPSA) is 61.8 Å². The summed E-state index contributed by atoms with van der Waals surface area (Å²) in [4.78, 5) is 12.8. The quantitative estimate of drug-likeness (QED) is 0.670. The van der Waals surface area contributed by atoms with Crippen LogP contribution < -0.4 is 5.32 Å². The molecule has 0 aromatic carbocycles. The number of urea groups is 1. The van der Waals surface area contributed by atoms with Gasteiger partial charge in [-0.05, 0) is 12.8 Å². The van der Waals surface area contributed by atoms with Gasteiger partial charge in [0, 0.05) is 19.1 Å². The lowest BCUT2D eigenvalue weighted by Crippen LogP contribution is -2.44. The standard InChI is InChI=1S/C10H17F3N2O3/c11-10(12,13)7-18-6-4-15(3-5-16)9(17)14-8-1-2-8/h8,16H,1-7H2,(H,14,17). The number of ether oxygens (including phenoxy) is 1. The molecule has 0 saturated heterocycles. The van der Waals surface area contributed by atoms with E-state index in [9.17, 15) is 18.0 Å². The zero-order valence-electron chi connectivity index (χ0n) is 9.87. The summed E-state index contributed by atoms with van der Waals surface area (Å²) >= 11 is 0. The van der Waals surface area contributed by atoms with E-state index in [2.05, 4.69) is 10.1 Å². The highest BCUT2D eigenvalue weighted by molar-refractivity contribution is 5.74. The van der Waals surface area contributed by atoms with Gasteiger partial charge in [0.15, 0.2) is 0 Å². The second-order valence-electron chi connectivity index (χ2n) is 4.10. The number of carbonyl (C=O) groups excluding carboxylic acids is 1. The summed E-state index contributed by atoms with van der Waals surface area (Å²) in [6.45, 7) is -1.68. The number of aliphatic hydroxyl groups excluding tert-OH is 1. The van der Waals surface area contributed by atoms with Gasteiger partial charge < -0.3 is 20.1 Å². The van der Waals surface area contributed by atoms with E-state index in [0.717, 1.165) is 12.8 Å². The molecule has 0 unspecified atom stereocenters. The number of aliphatic hydroxyl groups is 1. The average molecular weight is 270 g/mol. The van der Waals surface area contributed by atoms with E-state index < -0.39 is 12.8 Å². The van der Waals surface area contributed by atoms with Crippen molar-refractivity contribution in [1.82, 2.24) is 10.2 Å². The van der Waals surface area contributed by atoms with Crippen LogP contribution in [-0.4, -0.2) is 61.2 Å². The number of hydrogen-bond acceptors (Lipinski definition) is 3. The Morgan fingerprint density at radius 2 is 2.06 bits per heavy atom. The van der Waals surface area contributed by atoms with Gasteiger partial charge in [-0.1, -0.05) is 0 Å². The number of amides is 2. The molecule has 0 aromatic rings. The maximum Gasteiger partial charge on any atom is 0.411 e. The first-order valence-electron chi connectivity index (χ1n) is 5.73. The van der Waals surface area contributed by atoms with Crippen LogP contribution in [0.4, 0.5) is 18.0 Å². The van der Waals surface area contributed by atoms with Crippen molar-refractivity contribution in [2.75, 3.05) is 32.9 Å². The number of nitrogens with one attached hydrogen (secondary N) is 1. The van der Waals surface area contributed by atoms with Gasteiger partial charge in [0.25, 0.3) is 0 Å². The molecule has 0 spiro atoms. The third-order valence-electron chi connectivity index (χ3n) is 2.33. The predicted molar refractivity (Wildman–Crippen MR) is 57.1 cm³/mol. The van der Waals surface area contributed by atoms with Crippen LogP contribution in [0.2, 0.25) is 0 Å². The lowest BCUT2D eigenvalue weighted by atomic mass is 10.5. The maximum atomic E-state index is 11.8. The van der Waals surface area contributed by atoms with E-state index in [1.165, 1.54) is 4.90 Å². The molecule has 18 heavy (non-hydrogen) atoms. The smallest absolute Gasteiger partial charge is 0.395 e. The Morgan fingerprint density at radius 1 is 1.39 bits per heavy atom. The van der Waals surface area contributed by atoms with E-state index >= 15 is 0 Å². The van der Waals surface area contributed by atoms with Gasteiger partial charge in [-0.25, -0.2) is 4.79 Å². The zero-order valence-corrected chi connectivity index (χ0v) is 9.87. The molecule has 1 aliphatic carbocycles. The fourth-order valence-corrected chi connectivity index (χ4v) is 1.29. The first-order valence-corrected chi connectivity index (χ1v) is 5.73. The predicted octanol–water partition coefficient (Wildman–Crippen LogP) is 0.732. The van der Waals surface area contributed by atoms with Crippen molar-refractivity contribution in [1.29, 1.82) is 0 Å². The van der Waals surface area contributed by atoms with Crippen LogP contribution >= 0.6 is 0 Å². The SMILES string of the molecule is O=C(NC1CC1)N(CCO)CCOCC(F)(F)F. The molecule has 8 heteroatoms. The molecule has 0 bridgehead atoms. The van der Waals surface area contributed by atoms with Crippen molar-refractivity contribution in [3.05, 3.63) is 0 Å². The maximum absolute atomic E-state index is 11.8. The molecule has 0 atom stereocenters. The first-order chi connectivity index (χ1) is 8.42. The van der Waals surface area contributed by atoms with Crippen molar-refractivity contribution < 1.29 is 27.8 Å². The Bertz CT molecular complexity index is 270. The van der Waals surface area contributed by atoms with Crippen LogP contribution in [0.25, 0.3) is 0 Å². The van der Waals surface area contributed by atoms with Crippen LogP contribution in [0.1, 0.15) is 12.8 Å². The molecule has 0 radical (unpaired) electrons. The molecule has 5 nitrogen and oxygen atoms in total. The van der Waals surface area contributed by atoms with Crippen LogP contribution in [0.15, 0.2) is 0 Å². The molecule has 0 aliphatic heterocycles. The van der Waals surface area contributed by atoms with Gasteiger partial charge >= 0.3 is 12.2 Å². The summed E-state index contributed by atoms with van der Waals surface area (Å²) < 4.78 is 39.8. The Labute approximate surface area is 103 Å². The molecule has 0 heterocycles. The summed E-state index contributed by atoms with van der Waals surface area (Å²) in [5.74, 6) is 0. The number of hydrogen-bond donors (Lipinski definition) is 2. The minimum Gasteiger partial charge on any atom is -0.395 e. The molecule has 2 N–H and O–H groups in total. The Morgan fingerprint density at radius 3 is 2.56 bits per heavy atom. The van der Waals surface area contributed by atoms with Crippen LogP contribution in [0, 0.1) is 0 Å². The molecule has 1 rings (SSSR count). The van der Waals surface area contributed by atoms with Crippen molar-refractivity contribution in [3.63, 3.8) is 0 Å². The first kappa shape index (κ1) is 15.0. The lowest BCUT2D eigenvalue weighted by Gasteiger charge is -2.22. The van der Waals surface area contributed by atoms with E-state index in [1.54, 1.807) is 0 Å². The minimum atomic E-state index is -4.36.